The lowest BCUT2D eigenvalue weighted by molar-refractivity contribution is 0.311. The first-order valence-corrected chi connectivity index (χ1v) is 5.02. The number of nitrogens with two attached hydrogens (primary N) is 1. The number of hydrogen-bond acceptors (Lipinski definition) is 3. The molecule has 0 fully saturated rings. The first kappa shape index (κ1) is 10.7. The summed E-state index contributed by atoms with van der Waals surface area (Å²) in [5, 5.41) is 6.50. The molecule has 0 saturated carbocycles. The van der Waals surface area contributed by atoms with E-state index in [9.17, 15) is 0 Å². The van der Waals surface area contributed by atoms with Crippen molar-refractivity contribution in [3.8, 4) is 5.75 Å². The molecule has 3 heteroatoms. The van der Waals surface area contributed by atoms with Gasteiger partial charge in [-0.05, 0) is 29.4 Å². The van der Waals surface area contributed by atoms with Gasteiger partial charge in [-0.3, -0.25) is 0 Å². The van der Waals surface area contributed by atoms with Crippen LogP contribution in [0.5, 0.6) is 5.75 Å². The van der Waals surface area contributed by atoms with E-state index in [0.717, 1.165) is 17.9 Å². The van der Waals surface area contributed by atoms with Crippen molar-refractivity contribution in [2.45, 2.75) is 6.42 Å². The molecule has 16 heavy (non-hydrogen) atoms. The van der Waals surface area contributed by atoms with Crippen LogP contribution in [0, 0.1) is 0 Å². The summed E-state index contributed by atoms with van der Waals surface area (Å²) in [6.45, 7) is 0. The molecule has 0 spiro atoms. The molecule has 0 heterocycles. The largest absolute Gasteiger partial charge is 0.457 e. The third kappa shape index (κ3) is 2.05. The molecule has 0 radical (unpaired) electrons. The van der Waals surface area contributed by atoms with Gasteiger partial charge in [-0.2, -0.15) is 0 Å². The van der Waals surface area contributed by atoms with Gasteiger partial charge >= 0.3 is 0 Å². The van der Waals surface area contributed by atoms with E-state index in [1.165, 1.54) is 11.1 Å². The Kier molecular flexibility index (Phi) is 3.19. The lowest BCUT2D eigenvalue weighted by atomic mass is 10.2. The summed E-state index contributed by atoms with van der Waals surface area (Å²) in [5.41, 5.74) is 2.65. The van der Waals surface area contributed by atoms with Crippen LogP contribution in [0.15, 0.2) is 65.5 Å². The third-order valence-corrected chi connectivity index (χ3v) is 2.50. The van der Waals surface area contributed by atoms with Gasteiger partial charge in [-0.25, -0.2) is 5.90 Å². The Morgan fingerprint density at radius 2 is 1.81 bits per heavy atom. The summed E-state index contributed by atoms with van der Waals surface area (Å²) in [5.74, 6) is 5.42. The van der Waals surface area contributed by atoms with E-state index in [4.69, 9.17) is 9.94 Å². The first-order chi connectivity index (χ1) is 7.92. The Morgan fingerprint density at radius 3 is 2.38 bits per heavy atom. The van der Waals surface area contributed by atoms with Crippen LogP contribution in [-0.2, 0) is 0 Å². The molecule has 2 aliphatic rings. The zero-order valence-electron chi connectivity index (χ0n) is 8.76. The highest BCUT2D eigenvalue weighted by Gasteiger charge is 2.18. The van der Waals surface area contributed by atoms with Crippen molar-refractivity contribution in [2.75, 3.05) is 0 Å². The van der Waals surface area contributed by atoms with E-state index in [2.05, 4.69) is 24.1 Å². The third-order valence-electron chi connectivity index (χ3n) is 2.50. The standard InChI is InChI=1S/C13H10O.H3NO/c1-2-4-12(5-3-1)14-13-9-10-6-7-11(13)8-10;1-2/h1-7,9H,8H2;2H,1H2. The van der Waals surface area contributed by atoms with Crippen LogP contribution in [0.1, 0.15) is 6.42 Å². The maximum atomic E-state index is 6.50. The molecule has 0 saturated heterocycles. The quantitative estimate of drug-likeness (QED) is 0.745. The Balaban J connectivity index is 0.000000457. The second kappa shape index (κ2) is 4.79. The molecule has 0 unspecified atom stereocenters. The lowest BCUT2D eigenvalue weighted by Crippen LogP contribution is -1.93. The van der Waals surface area contributed by atoms with Gasteiger partial charge in [0.05, 0.1) is 0 Å². The number of rotatable bonds is 2. The molecule has 0 aromatic heterocycles. The van der Waals surface area contributed by atoms with Gasteiger partial charge in [0.15, 0.2) is 0 Å². The molecule has 2 bridgehead atoms. The van der Waals surface area contributed by atoms with Gasteiger partial charge in [-0.15, -0.1) is 0 Å². The highest BCUT2D eigenvalue weighted by Crippen LogP contribution is 2.34. The molecule has 0 aliphatic heterocycles. The minimum Gasteiger partial charge on any atom is -0.457 e. The van der Waals surface area contributed by atoms with Crippen molar-refractivity contribution in [3.05, 3.63) is 65.5 Å². The summed E-state index contributed by atoms with van der Waals surface area (Å²) in [7, 11) is 0. The minimum atomic E-state index is 0.910. The van der Waals surface area contributed by atoms with Crippen molar-refractivity contribution >= 4 is 0 Å². The average molecular weight is 215 g/mol. The molecule has 0 amide bonds. The average Bonchev–Trinajstić information content (AvgIpc) is 2.95. The normalized spacial score (nSPS) is 15.8. The van der Waals surface area contributed by atoms with E-state index in [1.54, 1.807) is 0 Å². The topological polar surface area (TPSA) is 55.5 Å². The molecule has 3 N–H and O–H groups in total. The second-order valence-electron chi connectivity index (χ2n) is 3.53. The van der Waals surface area contributed by atoms with Gasteiger partial charge in [0.2, 0.25) is 0 Å². The molecular weight excluding hydrogens is 202 g/mol. The van der Waals surface area contributed by atoms with E-state index < -0.39 is 0 Å². The van der Waals surface area contributed by atoms with E-state index in [0.29, 0.717) is 0 Å². The van der Waals surface area contributed by atoms with E-state index >= 15 is 0 Å². The highest BCUT2D eigenvalue weighted by atomic mass is 16.5. The van der Waals surface area contributed by atoms with Crippen LogP contribution < -0.4 is 10.6 Å². The zero-order valence-corrected chi connectivity index (χ0v) is 8.76. The molecule has 1 aromatic carbocycles. The fraction of sp³-hybridized carbons (Fsp3) is 0.0769. The van der Waals surface area contributed by atoms with Crippen LogP contribution in [0.2, 0.25) is 0 Å². The molecular formula is C13H13NO2. The molecule has 82 valence electrons. The van der Waals surface area contributed by atoms with Crippen molar-refractivity contribution in [1.29, 1.82) is 0 Å². The van der Waals surface area contributed by atoms with Crippen molar-refractivity contribution in [3.63, 3.8) is 0 Å². The Labute approximate surface area is 94.1 Å². The van der Waals surface area contributed by atoms with Crippen molar-refractivity contribution in [1.82, 2.24) is 0 Å². The summed E-state index contributed by atoms with van der Waals surface area (Å²) in [6, 6.07) is 9.90. The Hall–Kier alpha value is -1.84. The van der Waals surface area contributed by atoms with Crippen LogP contribution in [-0.4, -0.2) is 5.21 Å². The van der Waals surface area contributed by atoms with Crippen LogP contribution in [0.4, 0.5) is 0 Å². The Morgan fingerprint density at radius 1 is 1.06 bits per heavy atom. The predicted molar refractivity (Wildman–Crippen MR) is 61.9 cm³/mol. The van der Waals surface area contributed by atoms with Crippen molar-refractivity contribution in [2.24, 2.45) is 5.90 Å². The highest BCUT2D eigenvalue weighted by molar-refractivity contribution is 5.53. The summed E-state index contributed by atoms with van der Waals surface area (Å²) >= 11 is 0. The van der Waals surface area contributed by atoms with Gasteiger partial charge in [-0.1, -0.05) is 30.4 Å². The number of ether oxygens (including phenoxy) is 1. The molecule has 2 aliphatic carbocycles. The van der Waals surface area contributed by atoms with Crippen LogP contribution in [0.25, 0.3) is 0 Å². The number of fused-ring (bicyclic) bond motifs is 2. The maximum Gasteiger partial charge on any atom is 0.131 e. The zero-order chi connectivity index (χ0) is 11.4. The van der Waals surface area contributed by atoms with Crippen molar-refractivity contribution < 1.29 is 9.94 Å². The fourth-order valence-electron chi connectivity index (χ4n) is 1.79. The van der Waals surface area contributed by atoms with Gasteiger partial charge in [0.1, 0.15) is 11.5 Å². The predicted octanol–water partition coefficient (Wildman–Crippen LogP) is 2.55. The minimum absolute atomic E-state index is 0.910. The van der Waals surface area contributed by atoms with Gasteiger partial charge in [0.25, 0.3) is 0 Å². The monoisotopic (exact) mass is 215 g/mol. The number of allylic oxidation sites excluding steroid dienone is 5. The SMILES string of the molecule is C1=CC2=C(Oc3ccccc3)C=C1C2.NO. The molecule has 3 nitrogen and oxygen atoms in total. The van der Waals surface area contributed by atoms with E-state index in [-0.39, 0.29) is 0 Å². The van der Waals surface area contributed by atoms with Crippen LogP contribution in [0.3, 0.4) is 0 Å². The number of hydrogen-bond donors (Lipinski definition) is 2. The summed E-state index contributed by atoms with van der Waals surface area (Å²) in [6.07, 6.45) is 7.44. The Bertz CT molecular complexity index is 458. The molecule has 3 rings (SSSR count). The smallest absolute Gasteiger partial charge is 0.131 e. The fourth-order valence-corrected chi connectivity index (χ4v) is 1.79. The maximum absolute atomic E-state index is 6.50. The second-order valence-corrected chi connectivity index (χ2v) is 3.53. The van der Waals surface area contributed by atoms with Crippen LogP contribution >= 0.6 is 0 Å². The van der Waals surface area contributed by atoms with Gasteiger partial charge in [0, 0.05) is 6.42 Å². The number of benzene rings is 1. The summed E-state index contributed by atoms with van der Waals surface area (Å²) < 4.78 is 5.76. The van der Waals surface area contributed by atoms with Gasteiger partial charge < -0.3 is 9.94 Å². The summed E-state index contributed by atoms with van der Waals surface area (Å²) in [4.78, 5) is 0. The number of para-hydroxylation sites is 1. The molecule has 1 aromatic rings. The van der Waals surface area contributed by atoms with E-state index in [1.807, 2.05) is 30.3 Å². The molecule has 0 atom stereocenters. The lowest BCUT2D eigenvalue weighted by Gasteiger charge is -2.06. The first-order valence-electron chi connectivity index (χ1n) is 5.02.